The average Bonchev–Trinajstić information content (AvgIpc) is 3.32. The molecule has 2 unspecified atom stereocenters. The van der Waals surface area contributed by atoms with E-state index in [1.807, 2.05) is 41.3 Å². The molecule has 2 atom stereocenters. The zero-order valence-electron chi connectivity index (χ0n) is 22.6. The molecule has 0 spiro atoms. The van der Waals surface area contributed by atoms with Crippen LogP contribution >= 0.6 is 0 Å². The molecule has 2 heterocycles. The van der Waals surface area contributed by atoms with E-state index >= 15 is 0 Å². The number of amides is 3. The van der Waals surface area contributed by atoms with Crippen molar-refractivity contribution in [3.05, 3.63) is 89.5 Å². The Labute approximate surface area is 228 Å². The van der Waals surface area contributed by atoms with Crippen molar-refractivity contribution in [2.45, 2.75) is 51.2 Å². The maximum Gasteiger partial charge on any atom is 0.407 e. The molecule has 2 N–H and O–H groups in total. The molecule has 3 amide bonds. The van der Waals surface area contributed by atoms with Crippen LogP contribution in [0.1, 0.15) is 55.6 Å². The summed E-state index contributed by atoms with van der Waals surface area (Å²) in [4.78, 5) is 39.4. The lowest BCUT2D eigenvalue weighted by Crippen LogP contribution is -2.55. The van der Waals surface area contributed by atoms with E-state index in [1.165, 1.54) is 0 Å². The first-order chi connectivity index (χ1) is 18.6. The fourth-order valence-electron chi connectivity index (χ4n) is 5.96. The van der Waals surface area contributed by atoms with Gasteiger partial charge in [0.2, 0.25) is 5.91 Å². The number of ether oxygens (including phenoxy) is 2. The van der Waals surface area contributed by atoms with Crippen molar-refractivity contribution in [3.8, 4) is 5.75 Å². The van der Waals surface area contributed by atoms with Gasteiger partial charge in [-0.3, -0.25) is 9.59 Å². The Morgan fingerprint density at radius 1 is 1.05 bits per heavy atom. The Bertz CT molecular complexity index is 1420. The van der Waals surface area contributed by atoms with Crippen molar-refractivity contribution in [3.63, 3.8) is 0 Å². The largest absolute Gasteiger partial charge is 0.489 e. The Hall–Kier alpha value is -4.33. The third kappa shape index (κ3) is 5.06. The number of nitrogens with one attached hydrogen (secondary N) is 2. The van der Waals surface area contributed by atoms with Crippen LogP contribution in [0, 0.1) is 0 Å². The molecule has 0 bridgehead atoms. The molecule has 0 radical (unpaired) electrons. The van der Waals surface area contributed by atoms with E-state index < -0.39 is 17.7 Å². The molecule has 5 rings (SSSR count). The van der Waals surface area contributed by atoms with Crippen molar-refractivity contribution in [1.82, 2.24) is 5.32 Å². The number of hydrogen-bond donors (Lipinski definition) is 2. The van der Waals surface area contributed by atoms with Crippen molar-refractivity contribution in [2.24, 2.45) is 0 Å². The summed E-state index contributed by atoms with van der Waals surface area (Å²) >= 11 is 0. The Kier molecular flexibility index (Phi) is 6.80. The summed E-state index contributed by atoms with van der Waals surface area (Å²) in [5.74, 6) is 0.0463. The quantitative estimate of drug-likeness (QED) is 0.455. The first kappa shape index (κ1) is 26.3. The Balaban J connectivity index is 1.46. The summed E-state index contributed by atoms with van der Waals surface area (Å²) in [5, 5.41) is 5.61. The van der Waals surface area contributed by atoms with E-state index in [-0.39, 0.29) is 23.8 Å². The molecule has 202 valence electrons. The van der Waals surface area contributed by atoms with Gasteiger partial charge in [0.1, 0.15) is 12.4 Å². The van der Waals surface area contributed by atoms with Gasteiger partial charge in [-0.05, 0) is 61.7 Å². The number of hydrogen-bond acceptors (Lipinski definition) is 5. The minimum absolute atomic E-state index is 0.0256. The maximum absolute atomic E-state index is 13.4. The number of rotatable bonds is 6. The van der Waals surface area contributed by atoms with E-state index in [9.17, 15) is 14.4 Å². The Morgan fingerprint density at radius 3 is 2.46 bits per heavy atom. The van der Waals surface area contributed by atoms with Gasteiger partial charge in [-0.15, -0.1) is 0 Å². The molecular weight excluding hydrogens is 494 g/mol. The van der Waals surface area contributed by atoms with Gasteiger partial charge in [0.25, 0.3) is 5.91 Å². The highest BCUT2D eigenvalue weighted by Crippen LogP contribution is 2.51. The fraction of sp³-hybridized carbons (Fsp3) is 0.323. The van der Waals surface area contributed by atoms with Crippen LogP contribution in [-0.2, 0) is 14.9 Å². The molecule has 0 aliphatic carbocycles. The number of nitrogens with zero attached hydrogens (tertiary/aromatic N) is 1. The van der Waals surface area contributed by atoms with Gasteiger partial charge in [-0.2, -0.15) is 0 Å². The second kappa shape index (κ2) is 10.1. The normalized spacial score (nSPS) is 21.4. The highest BCUT2D eigenvalue weighted by atomic mass is 16.6. The van der Waals surface area contributed by atoms with Crippen molar-refractivity contribution in [2.75, 3.05) is 23.4 Å². The topological polar surface area (TPSA) is 97.0 Å². The third-order valence-corrected chi connectivity index (χ3v) is 7.51. The van der Waals surface area contributed by atoms with Gasteiger partial charge >= 0.3 is 6.09 Å². The van der Waals surface area contributed by atoms with Crippen LogP contribution in [0.25, 0.3) is 0 Å². The van der Waals surface area contributed by atoms with E-state index in [0.717, 1.165) is 16.8 Å². The molecule has 2 aliphatic rings. The predicted molar refractivity (Wildman–Crippen MR) is 149 cm³/mol. The molecule has 39 heavy (non-hydrogen) atoms. The van der Waals surface area contributed by atoms with E-state index in [1.54, 1.807) is 31.2 Å². The summed E-state index contributed by atoms with van der Waals surface area (Å²) in [7, 11) is 0. The number of fused-ring (bicyclic) bond motifs is 1. The fourth-order valence-corrected chi connectivity index (χ4v) is 5.96. The molecule has 2 aliphatic heterocycles. The third-order valence-electron chi connectivity index (χ3n) is 7.51. The van der Waals surface area contributed by atoms with Crippen molar-refractivity contribution >= 4 is 29.3 Å². The van der Waals surface area contributed by atoms with Gasteiger partial charge < -0.3 is 25.0 Å². The number of cyclic esters (lactones) is 1. The minimum atomic E-state index is -0.476. The zero-order valence-corrected chi connectivity index (χ0v) is 22.6. The summed E-state index contributed by atoms with van der Waals surface area (Å²) in [6.07, 6.45) is -0.180. The standard InChI is InChI=1S/C31H33N3O5/c1-20(35)34-26-15-14-22(16-25(26)31(4,19-30(34,2)3)21-10-6-5-7-11-21)33-28(36)24-12-8-9-13-27(24)38-18-23-17-32-29(37)39-23/h5-16,23H,17-19H2,1-4H3,(H,32,37)(H,33,36). The van der Waals surface area contributed by atoms with Crippen LogP contribution in [0.3, 0.4) is 0 Å². The predicted octanol–water partition coefficient (Wildman–Crippen LogP) is 5.27. The van der Waals surface area contributed by atoms with Crippen LogP contribution in [0.15, 0.2) is 72.8 Å². The highest BCUT2D eigenvalue weighted by molar-refractivity contribution is 6.06. The summed E-state index contributed by atoms with van der Waals surface area (Å²) in [6.45, 7) is 8.46. The number of carbonyl (C=O) groups is 3. The SMILES string of the molecule is CC(=O)N1c2ccc(NC(=O)c3ccccc3OCC3CNC(=O)O3)cc2C(C)(c2ccccc2)CC1(C)C. The van der Waals surface area contributed by atoms with Gasteiger partial charge in [-0.1, -0.05) is 49.4 Å². The van der Waals surface area contributed by atoms with Gasteiger partial charge in [0.05, 0.1) is 12.1 Å². The number of alkyl carbamates (subject to hydrolysis) is 1. The molecule has 8 heteroatoms. The van der Waals surface area contributed by atoms with Crippen LogP contribution in [-0.4, -0.2) is 42.7 Å². The molecular formula is C31H33N3O5. The molecule has 3 aromatic carbocycles. The van der Waals surface area contributed by atoms with Crippen LogP contribution in [0.4, 0.5) is 16.2 Å². The monoisotopic (exact) mass is 527 g/mol. The smallest absolute Gasteiger partial charge is 0.407 e. The van der Waals surface area contributed by atoms with E-state index in [0.29, 0.717) is 30.0 Å². The molecule has 0 aromatic heterocycles. The lowest BCUT2D eigenvalue weighted by molar-refractivity contribution is -0.117. The number of benzene rings is 3. The van der Waals surface area contributed by atoms with Gasteiger partial charge in [-0.25, -0.2) is 4.79 Å². The lowest BCUT2D eigenvalue weighted by Gasteiger charge is -2.51. The Morgan fingerprint density at radius 2 is 1.77 bits per heavy atom. The first-order valence-electron chi connectivity index (χ1n) is 13.1. The number of carbonyl (C=O) groups excluding carboxylic acids is 3. The van der Waals surface area contributed by atoms with Crippen LogP contribution in [0.2, 0.25) is 0 Å². The van der Waals surface area contributed by atoms with Crippen molar-refractivity contribution in [1.29, 1.82) is 0 Å². The van der Waals surface area contributed by atoms with E-state index in [4.69, 9.17) is 9.47 Å². The second-order valence-corrected chi connectivity index (χ2v) is 10.9. The molecule has 1 fully saturated rings. The number of para-hydroxylation sites is 1. The highest BCUT2D eigenvalue weighted by Gasteiger charge is 2.47. The van der Waals surface area contributed by atoms with Gasteiger partial charge in [0.15, 0.2) is 6.10 Å². The molecule has 0 saturated carbocycles. The summed E-state index contributed by atoms with van der Waals surface area (Å²) in [6, 6.07) is 22.9. The molecule has 3 aromatic rings. The number of anilines is 2. The lowest BCUT2D eigenvalue weighted by atomic mass is 9.65. The average molecular weight is 528 g/mol. The summed E-state index contributed by atoms with van der Waals surface area (Å²) < 4.78 is 11.0. The first-order valence-corrected chi connectivity index (χ1v) is 13.1. The van der Waals surface area contributed by atoms with Gasteiger partial charge in [0, 0.05) is 29.3 Å². The van der Waals surface area contributed by atoms with E-state index in [2.05, 4.69) is 43.5 Å². The molecule has 8 nitrogen and oxygen atoms in total. The summed E-state index contributed by atoms with van der Waals surface area (Å²) in [5.41, 5.74) is 3.14. The maximum atomic E-state index is 13.4. The van der Waals surface area contributed by atoms with Crippen molar-refractivity contribution < 1.29 is 23.9 Å². The minimum Gasteiger partial charge on any atom is -0.489 e. The second-order valence-electron chi connectivity index (χ2n) is 10.9. The van der Waals surface area contributed by atoms with Crippen LogP contribution < -0.4 is 20.3 Å². The van der Waals surface area contributed by atoms with Crippen LogP contribution in [0.5, 0.6) is 5.75 Å². The molecule has 1 saturated heterocycles. The zero-order chi connectivity index (χ0) is 27.8.